The molecule has 1 fully saturated rings. The third-order valence-corrected chi connectivity index (χ3v) is 7.15. The van der Waals surface area contributed by atoms with Crippen molar-refractivity contribution >= 4 is 51.7 Å². The number of sulfonamides is 1. The van der Waals surface area contributed by atoms with E-state index >= 15 is 0 Å². The summed E-state index contributed by atoms with van der Waals surface area (Å²) in [5.41, 5.74) is 1.31. The molecule has 1 aromatic rings. The molecule has 0 aliphatic carbocycles. The first-order valence-corrected chi connectivity index (χ1v) is 11.8. The second kappa shape index (κ2) is 12.8. The summed E-state index contributed by atoms with van der Waals surface area (Å²) >= 11 is 1.81. The summed E-state index contributed by atoms with van der Waals surface area (Å²) < 4.78 is 26.3. The van der Waals surface area contributed by atoms with Crippen LogP contribution in [0, 0.1) is 0 Å². The summed E-state index contributed by atoms with van der Waals surface area (Å²) in [5, 5.41) is 6.45. The smallest absolute Gasteiger partial charge is 0.215 e. The van der Waals surface area contributed by atoms with Gasteiger partial charge in [-0.25, -0.2) is 12.7 Å². The highest BCUT2D eigenvalue weighted by Crippen LogP contribution is 2.13. The van der Waals surface area contributed by atoms with Gasteiger partial charge >= 0.3 is 0 Å². The first-order valence-electron chi connectivity index (χ1n) is 9.08. The van der Waals surface area contributed by atoms with Crippen molar-refractivity contribution in [2.75, 3.05) is 43.9 Å². The van der Waals surface area contributed by atoms with Crippen LogP contribution in [0.2, 0.25) is 0 Å². The van der Waals surface area contributed by atoms with Crippen LogP contribution in [0.5, 0.6) is 0 Å². The summed E-state index contributed by atoms with van der Waals surface area (Å²) in [6.07, 6.45) is 1.97. The summed E-state index contributed by atoms with van der Waals surface area (Å²) in [5.74, 6) is 2.51. The fraction of sp³-hybridized carbons (Fsp3) is 0.611. The van der Waals surface area contributed by atoms with E-state index in [0.29, 0.717) is 25.6 Å². The van der Waals surface area contributed by atoms with Gasteiger partial charge in [0.15, 0.2) is 5.96 Å². The van der Waals surface area contributed by atoms with Gasteiger partial charge in [-0.3, -0.25) is 4.99 Å². The van der Waals surface area contributed by atoms with Crippen molar-refractivity contribution in [3.05, 3.63) is 35.9 Å². The second-order valence-corrected chi connectivity index (χ2v) is 9.71. The lowest BCUT2D eigenvalue weighted by molar-refractivity contribution is 0.443. The molecule has 1 aliphatic rings. The Hall–Kier alpha value is -0.520. The number of halogens is 1. The highest BCUT2D eigenvalue weighted by molar-refractivity contribution is 14.0. The molecule has 1 heterocycles. The van der Waals surface area contributed by atoms with Gasteiger partial charge in [-0.1, -0.05) is 30.3 Å². The quantitative estimate of drug-likeness (QED) is 0.309. The van der Waals surface area contributed by atoms with Crippen LogP contribution in [-0.4, -0.2) is 68.7 Å². The molecule has 0 spiro atoms. The van der Waals surface area contributed by atoms with Gasteiger partial charge in [0.25, 0.3) is 0 Å². The molecule has 2 rings (SSSR count). The molecule has 1 unspecified atom stereocenters. The van der Waals surface area contributed by atoms with Crippen molar-refractivity contribution in [3.63, 3.8) is 0 Å². The van der Waals surface area contributed by atoms with E-state index in [1.807, 2.05) is 6.07 Å². The standard InChI is InChI=1S/C18H30N4O2S2.HI/c1-16(8-9-17-6-4-3-5-7-17)21-18(19-2)20-10-15-26(23,24)22-11-13-25-14-12-22;/h3-7,16H,8-15H2,1-2H3,(H2,19,20,21);1H. The summed E-state index contributed by atoms with van der Waals surface area (Å²) in [7, 11) is -1.48. The number of guanidine groups is 1. The lowest BCUT2D eigenvalue weighted by atomic mass is 10.1. The van der Waals surface area contributed by atoms with Crippen molar-refractivity contribution in [1.29, 1.82) is 0 Å². The number of rotatable bonds is 8. The SMILES string of the molecule is CN=C(NCCS(=O)(=O)N1CCSCC1)NC(C)CCc1ccccc1.I. The molecule has 0 bridgehead atoms. The molecular weight excluding hydrogens is 495 g/mol. The van der Waals surface area contributed by atoms with Crippen molar-refractivity contribution in [1.82, 2.24) is 14.9 Å². The number of hydrogen-bond acceptors (Lipinski definition) is 4. The number of aliphatic imine (C=N–C) groups is 1. The number of thioether (sulfide) groups is 1. The van der Waals surface area contributed by atoms with Gasteiger partial charge < -0.3 is 10.6 Å². The summed E-state index contributed by atoms with van der Waals surface area (Å²) in [4.78, 5) is 4.20. The maximum atomic E-state index is 12.4. The summed E-state index contributed by atoms with van der Waals surface area (Å²) in [6.45, 7) is 3.71. The average Bonchev–Trinajstić information content (AvgIpc) is 2.67. The molecule has 0 radical (unpaired) electrons. The molecule has 154 valence electrons. The number of benzene rings is 1. The first-order chi connectivity index (χ1) is 12.5. The summed E-state index contributed by atoms with van der Waals surface area (Å²) in [6, 6.07) is 10.6. The Kier molecular flexibility index (Phi) is 11.7. The minimum Gasteiger partial charge on any atom is -0.355 e. The van der Waals surface area contributed by atoms with Crippen LogP contribution in [0.25, 0.3) is 0 Å². The van der Waals surface area contributed by atoms with Gasteiger partial charge in [0, 0.05) is 44.2 Å². The molecule has 0 saturated carbocycles. The van der Waals surface area contributed by atoms with E-state index in [9.17, 15) is 8.42 Å². The zero-order chi connectivity index (χ0) is 18.8. The number of nitrogens with zero attached hydrogens (tertiary/aromatic N) is 2. The van der Waals surface area contributed by atoms with E-state index in [0.717, 1.165) is 24.3 Å². The molecule has 6 nitrogen and oxygen atoms in total. The van der Waals surface area contributed by atoms with Crippen molar-refractivity contribution in [3.8, 4) is 0 Å². The predicted molar refractivity (Wildman–Crippen MR) is 127 cm³/mol. The molecule has 0 aromatic heterocycles. The molecule has 2 N–H and O–H groups in total. The zero-order valence-electron chi connectivity index (χ0n) is 16.1. The van der Waals surface area contributed by atoms with Gasteiger partial charge in [0.1, 0.15) is 0 Å². The minimum atomic E-state index is -3.19. The monoisotopic (exact) mass is 526 g/mol. The third kappa shape index (κ3) is 9.01. The number of hydrogen-bond donors (Lipinski definition) is 2. The second-order valence-electron chi connectivity index (χ2n) is 6.40. The van der Waals surface area contributed by atoms with Crippen molar-refractivity contribution in [2.24, 2.45) is 4.99 Å². The average molecular weight is 527 g/mol. The normalized spacial score (nSPS) is 17.0. The van der Waals surface area contributed by atoms with E-state index in [1.54, 1.807) is 23.1 Å². The molecular formula is C18H31IN4O2S2. The first kappa shape index (κ1) is 24.5. The van der Waals surface area contributed by atoms with E-state index in [2.05, 4.69) is 46.8 Å². The lowest BCUT2D eigenvalue weighted by Crippen LogP contribution is -2.46. The number of aryl methyl sites for hydroxylation is 1. The highest BCUT2D eigenvalue weighted by Gasteiger charge is 2.23. The molecule has 0 amide bonds. The van der Waals surface area contributed by atoms with Crippen LogP contribution in [0.4, 0.5) is 0 Å². The molecule has 1 aromatic carbocycles. The molecule has 1 aliphatic heterocycles. The Bertz CT molecular complexity index is 665. The maximum absolute atomic E-state index is 12.4. The fourth-order valence-electron chi connectivity index (χ4n) is 2.78. The van der Waals surface area contributed by atoms with Gasteiger partial charge in [0.2, 0.25) is 10.0 Å². The molecule has 1 atom stereocenters. The van der Waals surface area contributed by atoms with Gasteiger partial charge in [0.05, 0.1) is 5.75 Å². The fourth-order valence-corrected chi connectivity index (χ4v) is 5.27. The van der Waals surface area contributed by atoms with Crippen LogP contribution in [-0.2, 0) is 16.4 Å². The molecule has 27 heavy (non-hydrogen) atoms. The van der Waals surface area contributed by atoms with E-state index in [4.69, 9.17) is 0 Å². The maximum Gasteiger partial charge on any atom is 0.215 e. The Morgan fingerprint density at radius 1 is 1.26 bits per heavy atom. The zero-order valence-corrected chi connectivity index (χ0v) is 20.0. The van der Waals surface area contributed by atoms with Gasteiger partial charge in [-0.15, -0.1) is 24.0 Å². The number of nitrogens with one attached hydrogen (secondary N) is 2. The third-order valence-electron chi connectivity index (χ3n) is 4.33. The Labute approximate surface area is 185 Å². The Balaban J connectivity index is 0.00000364. The van der Waals surface area contributed by atoms with Crippen LogP contribution < -0.4 is 10.6 Å². The van der Waals surface area contributed by atoms with Crippen LogP contribution in [0.3, 0.4) is 0 Å². The lowest BCUT2D eigenvalue weighted by Gasteiger charge is -2.26. The van der Waals surface area contributed by atoms with E-state index in [-0.39, 0.29) is 35.8 Å². The van der Waals surface area contributed by atoms with Crippen LogP contribution in [0.15, 0.2) is 35.3 Å². The van der Waals surface area contributed by atoms with Crippen molar-refractivity contribution < 1.29 is 8.42 Å². The highest BCUT2D eigenvalue weighted by atomic mass is 127. The molecule has 1 saturated heterocycles. The minimum absolute atomic E-state index is 0. The van der Waals surface area contributed by atoms with E-state index in [1.165, 1.54) is 5.56 Å². The van der Waals surface area contributed by atoms with Crippen molar-refractivity contribution in [2.45, 2.75) is 25.8 Å². The van der Waals surface area contributed by atoms with Crippen LogP contribution >= 0.6 is 35.7 Å². The Morgan fingerprint density at radius 2 is 1.93 bits per heavy atom. The molecule has 9 heteroatoms. The van der Waals surface area contributed by atoms with Gasteiger partial charge in [-0.2, -0.15) is 11.8 Å². The topological polar surface area (TPSA) is 73.8 Å². The van der Waals surface area contributed by atoms with E-state index < -0.39 is 10.0 Å². The largest absolute Gasteiger partial charge is 0.355 e. The Morgan fingerprint density at radius 3 is 2.56 bits per heavy atom. The predicted octanol–water partition coefficient (Wildman–Crippen LogP) is 2.17. The van der Waals surface area contributed by atoms with Gasteiger partial charge in [-0.05, 0) is 25.3 Å². The van der Waals surface area contributed by atoms with Crippen LogP contribution in [0.1, 0.15) is 18.9 Å².